The van der Waals surface area contributed by atoms with E-state index in [-0.39, 0.29) is 19.0 Å². The van der Waals surface area contributed by atoms with Crippen molar-refractivity contribution in [3.8, 4) is 11.1 Å². The lowest BCUT2D eigenvalue weighted by molar-refractivity contribution is -0.160. The highest BCUT2D eigenvalue weighted by atomic mass is 32.2. The lowest BCUT2D eigenvalue weighted by Crippen LogP contribution is -2.40. The molecule has 2 aliphatic heterocycles. The summed E-state index contributed by atoms with van der Waals surface area (Å²) >= 11 is 1.32. The molecule has 30 heavy (non-hydrogen) atoms. The van der Waals surface area contributed by atoms with Gasteiger partial charge in [0, 0.05) is 30.0 Å². The summed E-state index contributed by atoms with van der Waals surface area (Å²) in [4.78, 5) is 21.7. The maximum absolute atomic E-state index is 14.2. The minimum atomic E-state index is -4.58. The van der Waals surface area contributed by atoms with E-state index in [0.29, 0.717) is 27.6 Å². The van der Waals surface area contributed by atoms with E-state index < -0.39 is 30.0 Å². The molecular weight excluding hydrogens is 420 g/mol. The molecule has 158 valence electrons. The van der Waals surface area contributed by atoms with Crippen molar-refractivity contribution >= 4 is 22.8 Å². The summed E-state index contributed by atoms with van der Waals surface area (Å²) in [6.07, 6.45) is -4.74. The fourth-order valence-electron chi connectivity index (χ4n) is 4.06. The molecule has 1 aromatic heterocycles. The number of benzene rings is 1. The number of nitrogens with zero attached hydrogens (tertiary/aromatic N) is 3. The lowest BCUT2D eigenvalue weighted by Gasteiger charge is -2.35. The zero-order chi connectivity index (χ0) is 21.5. The van der Waals surface area contributed by atoms with Gasteiger partial charge < -0.3 is 10.6 Å². The summed E-state index contributed by atoms with van der Waals surface area (Å²) in [6, 6.07) is 10.2. The number of carbonyl (C=O) groups excluding carboxylic acids is 1. The molecule has 1 aromatic carbocycles. The van der Waals surface area contributed by atoms with Gasteiger partial charge in [-0.15, -0.1) is 0 Å². The number of rotatable bonds is 3. The summed E-state index contributed by atoms with van der Waals surface area (Å²) in [5.41, 5.74) is 6.55. The molecule has 2 aliphatic rings. The fourth-order valence-corrected chi connectivity index (χ4v) is 5.04. The van der Waals surface area contributed by atoms with Gasteiger partial charge in [-0.2, -0.15) is 17.6 Å². The number of hydrogen-bond acceptors (Lipinski definition) is 5. The van der Waals surface area contributed by atoms with Crippen LogP contribution in [0.3, 0.4) is 0 Å². The third-order valence-electron chi connectivity index (χ3n) is 5.43. The number of halogens is 4. The van der Waals surface area contributed by atoms with Crippen LogP contribution in [0.1, 0.15) is 12.0 Å². The van der Waals surface area contributed by atoms with Crippen LogP contribution in [-0.4, -0.2) is 46.0 Å². The smallest absolute Gasteiger partial charge is 0.379 e. The van der Waals surface area contributed by atoms with Crippen LogP contribution in [0.2, 0.25) is 0 Å². The van der Waals surface area contributed by atoms with Crippen molar-refractivity contribution in [1.82, 2.24) is 9.88 Å². The van der Waals surface area contributed by atoms with Gasteiger partial charge in [0.05, 0.1) is 6.54 Å². The largest absolute Gasteiger partial charge is 0.397 e. The van der Waals surface area contributed by atoms with Crippen molar-refractivity contribution < 1.29 is 22.4 Å². The van der Waals surface area contributed by atoms with Crippen LogP contribution in [-0.2, 0) is 10.3 Å². The van der Waals surface area contributed by atoms with Crippen LogP contribution >= 0.6 is 11.8 Å². The number of fused-ring (bicyclic) bond motifs is 1. The van der Waals surface area contributed by atoms with Crippen LogP contribution in [0.25, 0.3) is 11.1 Å². The number of aliphatic imine (C=N–C) groups is 1. The molecule has 0 saturated carbocycles. The Bertz CT molecular complexity index is 1010. The maximum atomic E-state index is 14.2. The standard InChI is InChI=1S/C20H18F4N4OS/c21-17-15(5-2-6-26-17)12-3-1-4-13(7-12)19-11-28(16(29)8-20(22,23)24)9-14(19)10-30-18(25)27-19/h1-7,14H,8-11H2,(H2,25,27)/t14-,19+/m0/s1. The first-order valence-electron chi connectivity index (χ1n) is 9.22. The molecule has 4 rings (SSSR count). The predicted molar refractivity (Wildman–Crippen MR) is 106 cm³/mol. The molecule has 1 saturated heterocycles. The van der Waals surface area contributed by atoms with Crippen molar-refractivity contribution in [3.63, 3.8) is 0 Å². The molecule has 0 radical (unpaired) electrons. The molecular formula is C20H18F4N4OS. The summed E-state index contributed by atoms with van der Waals surface area (Å²) in [7, 11) is 0. The van der Waals surface area contributed by atoms with Gasteiger partial charge in [-0.25, -0.2) is 9.98 Å². The highest BCUT2D eigenvalue weighted by Gasteiger charge is 2.52. The molecule has 2 aromatic rings. The Morgan fingerprint density at radius 1 is 1.30 bits per heavy atom. The molecule has 10 heteroatoms. The maximum Gasteiger partial charge on any atom is 0.397 e. The Labute approximate surface area is 174 Å². The number of pyridine rings is 1. The summed E-state index contributed by atoms with van der Waals surface area (Å²) in [5.74, 6) is -1.29. The van der Waals surface area contributed by atoms with Gasteiger partial charge in [-0.3, -0.25) is 4.79 Å². The molecule has 3 heterocycles. The van der Waals surface area contributed by atoms with Crippen molar-refractivity contribution in [1.29, 1.82) is 0 Å². The number of carbonyl (C=O) groups is 1. The molecule has 1 fully saturated rings. The summed E-state index contributed by atoms with van der Waals surface area (Å²) < 4.78 is 52.4. The first kappa shape index (κ1) is 20.6. The van der Waals surface area contributed by atoms with Gasteiger partial charge in [0.15, 0.2) is 5.17 Å². The Balaban J connectivity index is 1.73. The topological polar surface area (TPSA) is 71.6 Å². The first-order valence-corrected chi connectivity index (χ1v) is 10.2. The van der Waals surface area contributed by atoms with E-state index in [0.717, 1.165) is 0 Å². The molecule has 1 amide bonds. The molecule has 2 atom stereocenters. The van der Waals surface area contributed by atoms with Crippen molar-refractivity contribution in [2.24, 2.45) is 16.6 Å². The number of alkyl halides is 3. The quantitative estimate of drug-likeness (QED) is 0.588. The second-order valence-electron chi connectivity index (χ2n) is 7.37. The molecule has 0 unspecified atom stereocenters. The predicted octanol–water partition coefficient (Wildman–Crippen LogP) is 3.56. The first-order chi connectivity index (χ1) is 14.2. The fraction of sp³-hybridized carbons (Fsp3) is 0.350. The number of likely N-dealkylation sites (tertiary alicyclic amines) is 1. The van der Waals surface area contributed by atoms with Gasteiger partial charge in [-0.05, 0) is 29.3 Å². The number of hydrogen-bond donors (Lipinski definition) is 1. The highest BCUT2D eigenvalue weighted by Crippen LogP contribution is 2.46. The summed E-state index contributed by atoms with van der Waals surface area (Å²) in [5, 5.41) is 0.314. The normalized spacial score (nSPS) is 23.8. The van der Waals surface area contributed by atoms with Gasteiger partial charge in [-0.1, -0.05) is 30.0 Å². The molecule has 2 N–H and O–H groups in total. The molecule has 0 spiro atoms. The van der Waals surface area contributed by atoms with E-state index in [1.807, 2.05) is 0 Å². The van der Waals surface area contributed by atoms with Crippen molar-refractivity contribution in [3.05, 3.63) is 54.1 Å². The minimum Gasteiger partial charge on any atom is -0.379 e. The van der Waals surface area contributed by atoms with Crippen LogP contribution in [0.5, 0.6) is 0 Å². The van der Waals surface area contributed by atoms with Crippen LogP contribution in [0.4, 0.5) is 17.6 Å². The van der Waals surface area contributed by atoms with Gasteiger partial charge in [0.2, 0.25) is 11.9 Å². The summed E-state index contributed by atoms with van der Waals surface area (Å²) in [6.45, 7) is 0.150. The minimum absolute atomic E-state index is 0.00713. The van der Waals surface area contributed by atoms with Crippen LogP contribution in [0, 0.1) is 11.9 Å². The number of amides is 1. The van der Waals surface area contributed by atoms with E-state index in [2.05, 4.69) is 9.98 Å². The zero-order valence-electron chi connectivity index (χ0n) is 15.7. The Morgan fingerprint density at radius 2 is 2.10 bits per heavy atom. The third kappa shape index (κ3) is 3.88. The number of thioether (sulfide) groups is 1. The van der Waals surface area contributed by atoms with Gasteiger partial charge in [0.1, 0.15) is 12.0 Å². The third-order valence-corrected chi connectivity index (χ3v) is 6.38. The Hall–Kier alpha value is -2.62. The molecule has 0 bridgehead atoms. The van der Waals surface area contributed by atoms with Crippen molar-refractivity contribution in [2.75, 3.05) is 18.8 Å². The lowest BCUT2D eigenvalue weighted by atomic mass is 9.81. The second kappa shape index (κ2) is 7.57. The van der Waals surface area contributed by atoms with E-state index in [1.54, 1.807) is 36.4 Å². The van der Waals surface area contributed by atoms with Crippen LogP contribution in [0.15, 0.2) is 47.6 Å². The van der Waals surface area contributed by atoms with E-state index in [9.17, 15) is 22.4 Å². The molecule has 5 nitrogen and oxygen atoms in total. The number of aromatic nitrogens is 1. The monoisotopic (exact) mass is 438 g/mol. The van der Waals surface area contributed by atoms with E-state index >= 15 is 0 Å². The SMILES string of the molecule is NC1=N[C@@]2(c3cccc(-c4cccnc4F)c3)CN(C(=O)CC(F)(F)F)C[C@H]2CS1. The number of nitrogens with two attached hydrogens (primary N) is 1. The average Bonchev–Trinajstić information content (AvgIpc) is 3.07. The van der Waals surface area contributed by atoms with Crippen molar-refractivity contribution in [2.45, 2.75) is 18.1 Å². The Kier molecular flexibility index (Phi) is 5.21. The van der Waals surface area contributed by atoms with Gasteiger partial charge >= 0.3 is 6.18 Å². The van der Waals surface area contributed by atoms with E-state index in [4.69, 9.17) is 5.73 Å². The van der Waals surface area contributed by atoms with Crippen LogP contribution < -0.4 is 5.73 Å². The second-order valence-corrected chi connectivity index (χ2v) is 8.41. The zero-order valence-corrected chi connectivity index (χ0v) is 16.5. The highest BCUT2D eigenvalue weighted by molar-refractivity contribution is 8.13. The molecule has 0 aliphatic carbocycles. The van der Waals surface area contributed by atoms with E-state index in [1.165, 1.54) is 22.9 Å². The van der Waals surface area contributed by atoms with Gasteiger partial charge in [0.25, 0.3) is 0 Å². The number of amidine groups is 1. The average molecular weight is 438 g/mol. The Morgan fingerprint density at radius 3 is 2.83 bits per heavy atom.